The van der Waals surface area contributed by atoms with Gasteiger partial charge in [0.05, 0.1) is 24.5 Å². The fourth-order valence-corrected chi connectivity index (χ4v) is 1.43. The largest absolute Gasteiger partial charge is 0.373 e. The fraction of sp³-hybridized carbons (Fsp3) is 0.375. The molecule has 0 fully saturated rings. The SMILES string of the molecule is NC(=O)c1ccn2c1COCC2. The summed E-state index contributed by atoms with van der Waals surface area (Å²) >= 11 is 0. The van der Waals surface area contributed by atoms with Crippen LogP contribution in [0.2, 0.25) is 0 Å². The molecule has 0 aromatic carbocycles. The molecule has 64 valence electrons. The van der Waals surface area contributed by atoms with Gasteiger partial charge in [-0.05, 0) is 6.07 Å². The average Bonchev–Trinajstić information content (AvgIpc) is 2.47. The van der Waals surface area contributed by atoms with E-state index in [1.807, 2.05) is 10.8 Å². The summed E-state index contributed by atoms with van der Waals surface area (Å²) in [6.45, 7) is 2.01. The van der Waals surface area contributed by atoms with Crippen molar-refractivity contribution in [1.29, 1.82) is 0 Å². The lowest BCUT2D eigenvalue weighted by Crippen LogP contribution is -2.20. The Morgan fingerprint density at radius 2 is 2.50 bits per heavy atom. The first-order chi connectivity index (χ1) is 5.79. The third kappa shape index (κ3) is 1.00. The first-order valence-electron chi connectivity index (χ1n) is 3.84. The minimum Gasteiger partial charge on any atom is -0.373 e. The number of amides is 1. The van der Waals surface area contributed by atoms with E-state index in [0.717, 1.165) is 12.2 Å². The summed E-state index contributed by atoms with van der Waals surface area (Å²) in [4.78, 5) is 10.9. The van der Waals surface area contributed by atoms with Gasteiger partial charge in [-0.2, -0.15) is 0 Å². The van der Waals surface area contributed by atoms with Crippen molar-refractivity contribution in [2.45, 2.75) is 13.2 Å². The number of hydrogen-bond donors (Lipinski definition) is 1. The minimum atomic E-state index is -0.380. The van der Waals surface area contributed by atoms with Crippen molar-refractivity contribution in [3.63, 3.8) is 0 Å². The second kappa shape index (κ2) is 2.64. The monoisotopic (exact) mass is 166 g/mol. The maximum absolute atomic E-state index is 10.9. The molecule has 0 unspecified atom stereocenters. The number of ether oxygens (including phenoxy) is 1. The van der Waals surface area contributed by atoms with Gasteiger partial charge in [0.15, 0.2) is 0 Å². The lowest BCUT2D eigenvalue weighted by molar-refractivity contribution is 0.0822. The smallest absolute Gasteiger partial charge is 0.250 e. The van der Waals surface area contributed by atoms with E-state index in [-0.39, 0.29) is 5.91 Å². The van der Waals surface area contributed by atoms with Crippen molar-refractivity contribution < 1.29 is 9.53 Å². The Kier molecular flexibility index (Phi) is 1.62. The standard InChI is InChI=1S/C8H10N2O2/c9-8(11)6-1-2-10-3-4-12-5-7(6)10/h1-2H,3-5H2,(H2,9,11). The lowest BCUT2D eigenvalue weighted by atomic mass is 10.2. The highest BCUT2D eigenvalue weighted by atomic mass is 16.5. The van der Waals surface area contributed by atoms with Crippen molar-refractivity contribution in [3.05, 3.63) is 23.5 Å². The third-order valence-electron chi connectivity index (χ3n) is 2.06. The van der Waals surface area contributed by atoms with Crippen LogP contribution in [0.1, 0.15) is 16.1 Å². The Balaban J connectivity index is 2.44. The second-order valence-electron chi connectivity index (χ2n) is 2.79. The second-order valence-corrected chi connectivity index (χ2v) is 2.79. The van der Waals surface area contributed by atoms with E-state index in [1.54, 1.807) is 6.07 Å². The van der Waals surface area contributed by atoms with Gasteiger partial charge in [-0.1, -0.05) is 0 Å². The molecule has 0 radical (unpaired) electrons. The molecule has 0 atom stereocenters. The Hall–Kier alpha value is -1.29. The number of carbonyl (C=O) groups is 1. The zero-order valence-electron chi connectivity index (χ0n) is 6.62. The Morgan fingerprint density at radius 3 is 3.25 bits per heavy atom. The highest BCUT2D eigenvalue weighted by Crippen LogP contribution is 2.15. The molecule has 2 rings (SSSR count). The molecule has 0 spiro atoms. The van der Waals surface area contributed by atoms with Gasteiger partial charge in [-0.25, -0.2) is 0 Å². The lowest BCUT2D eigenvalue weighted by Gasteiger charge is -2.16. The van der Waals surface area contributed by atoms with Gasteiger partial charge in [0.2, 0.25) is 0 Å². The van der Waals surface area contributed by atoms with Crippen LogP contribution in [-0.4, -0.2) is 17.1 Å². The normalized spacial score (nSPS) is 15.7. The van der Waals surface area contributed by atoms with E-state index in [0.29, 0.717) is 18.8 Å². The quantitative estimate of drug-likeness (QED) is 0.644. The molecule has 0 aliphatic carbocycles. The summed E-state index contributed by atoms with van der Waals surface area (Å²) in [6, 6.07) is 1.74. The van der Waals surface area contributed by atoms with Crippen LogP contribution in [-0.2, 0) is 17.9 Å². The molecule has 1 aromatic rings. The zero-order valence-corrected chi connectivity index (χ0v) is 6.62. The van der Waals surface area contributed by atoms with Crippen LogP contribution in [0.15, 0.2) is 12.3 Å². The van der Waals surface area contributed by atoms with Crippen molar-refractivity contribution >= 4 is 5.91 Å². The van der Waals surface area contributed by atoms with Gasteiger partial charge in [-0.3, -0.25) is 4.79 Å². The van der Waals surface area contributed by atoms with Gasteiger partial charge in [0, 0.05) is 12.7 Å². The maximum Gasteiger partial charge on any atom is 0.250 e. The van der Waals surface area contributed by atoms with Crippen molar-refractivity contribution in [1.82, 2.24) is 4.57 Å². The summed E-state index contributed by atoms with van der Waals surface area (Å²) in [5.74, 6) is -0.380. The molecule has 1 aromatic heterocycles. The predicted molar refractivity (Wildman–Crippen MR) is 42.6 cm³/mol. The molecule has 4 heteroatoms. The molecule has 2 heterocycles. The van der Waals surface area contributed by atoms with Gasteiger partial charge in [0.25, 0.3) is 5.91 Å². The van der Waals surface area contributed by atoms with E-state index in [4.69, 9.17) is 10.5 Å². The van der Waals surface area contributed by atoms with Gasteiger partial charge in [0.1, 0.15) is 0 Å². The Morgan fingerprint density at radius 1 is 1.67 bits per heavy atom. The van der Waals surface area contributed by atoms with Crippen LogP contribution in [0.3, 0.4) is 0 Å². The van der Waals surface area contributed by atoms with E-state index in [1.165, 1.54) is 0 Å². The summed E-state index contributed by atoms with van der Waals surface area (Å²) in [7, 11) is 0. The number of rotatable bonds is 1. The van der Waals surface area contributed by atoms with E-state index in [9.17, 15) is 4.79 Å². The first-order valence-corrected chi connectivity index (χ1v) is 3.84. The Labute approximate surface area is 69.9 Å². The molecule has 0 bridgehead atoms. The van der Waals surface area contributed by atoms with Crippen LogP contribution in [0.5, 0.6) is 0 Å². The minimum absolute atomic E-state index is 0.380. The van der Waals surface area contributed by atoms with Crippen LogP contribution in [0.4, 0.5) is 0 Å². The molecule has 1 aliphatic rings. The van der Waals surface area contributed by atoms with Gasteiger partial charge < -0.3 is 15.0 Å². The molecule has 1 amide bonds. The van der Waals surface area contributed by atoms with E-state index in [2.05, 4.69) is 0 Å². The number of primary amides is 1. The molecule has 12 heavy (non-hydrogen) atoms. The molecule has 0 saturated carbocycles. The van der Waals surface area contributed by atoms with Crippen molar-refractivity contribution in [2.75, 3.05) is 6.61 Å². The molecule has 2 N–H and O–H groups in total. The molecule has 1 aliphatic heterocycles. The topological polar surface area (TPSA) is 57.2 Å². The van der Waals surface area contributed by atoms with Crippen LogP contribution in [0, 0.1) is 0 Å². The molecular formula is C8H10N2O2. The van der Waals surface area contributed by atoms with Crippen LogP contribution < -0.4 is 5.73 Å². The highest BCUT2D eigenvalue weighted by Gasteiger charge is 2.16. The number of hydrogen-bond acceptors (Lipinski definition) is 2. The summed E-state index contributed by atoms with van der Waals surface area (Å²) in [5.41, 5.74) is 6.65. The van der Waals surface area contributed by atoms with Crippen molar-refractivity contribution in [2.24, 2.45) is 5.73 Å². The van der Waals surface area contributed by atoms with Gasteiger partial charge in [-0.15, -0.1) is 0 Å². The molecular weight excluding hydrogens is 156 g/mol. The summed E-state index contributed by atoms with van der Waals surface area (Å²) in [6.07, 6.45) is 1.87. The molecule has 4 nitrogen and oxygen atoms in total. The Bertz CT molecular complexity index is 317. The van der Waals surface area contributed by atoms with Gasteiger partial charge >= 0.3 is 0 Å². The number of nitrogens with two attached hydrogens (primary N) is 1. The highest BCUT2D eigenvalue weighted by molar-refractivity contribution is 5.94. The maximum atomic E-state index is 10.9. The predicted octanol–water partition coefficient (Wildman–Crippen LogP) is 0.117. The first kappa shape index (κ1) is 7.36. The number of carbonyl (C=O) groups excluding carboxylic acids is 1. The van der Waals surface area contributed by atoms with E-state index >= 15 is 0 Å². The van der Waals surface area contributed by atoms with Crippen LogP contribution >= 0.6 is 0 Å². The average molecular weight is 166 g/mol. The summed E-state index contributed by atoms with van der Waals surface area (Å²) < 4.78 is 7.22. The zero-order chi connectivity index (χ0) is 8.55. The van der Waals surface area contributed by atoms with Crippen molar-refractivity contribution in [3.8, 4) is 0 Å². The summed E-state index contributed by atoms with van der Waals surface area (Å²) in [5, 5.41) is 0. The number of nitrogens with zero attached hydrogens (tertiary/aromatic N) is 1. The molecule has 0 saturated heterocycles. The number of fused-ring (bicyclic) bond motifs is 1. The number of aromatic nitrogens is 1. The van der Waals surface area contributed by atoms with E-state index < -0.39 is 0 Å². The fourth-order valence-electron chi connectivity index (χ4n) is 1.43. The van der Waals surface area contributed by atoms with Crippen LogP contribution in [0.25, 0.3) is 0 Å². The third-order valence-corrected chi connectivity index (χ3v) is 2.06.